The molecular formula is C12H16BrN3O. The summed E-state index contributed by atoms with van der Waals surface area (Å²) >= 11 is 3.40. The Morgan fingerprint density at radius 1 is 1.29 bits per heavy atom. The number of nitrogens with two attached hydrogens (primary N) is 1. The summed E-state index contributed by atoms with van der Waals surface area (Å²) in [6.07, 6.45) is 0. The first-order chi connectivity index (χ1) is 8.08. The van der Waals surface area contributed by atoms with Gasteiger partial charge in [0.1, 0.15) is 0 Å². The fraction of sp³-hybridized carbons (Fsp3) is 0.417. The van der Waals surface area contributed by atoms with Gasteiger partial charge >= 0.3 is 0 Å². The molecule has 1 heterocycles. The molecule has 2 rings (SSSR count). The lowest BCUT2D eigenvalue weighted by atomic mass is 10.2. The normalized spacial score (nSPS) is 16.1. The second kappa shape index (κ2) is 4.96. The number of anilines is 2. The number of carbonyl (C=O) groups is 1. The minimum absolute atomic E-state index is 0.147. The van der Waals surface area contributed by atoms with E-state index in [0.29, 0.717) is 0 Å². The smallest absolute Gasteiger partial charge is 0.219 e. The maximum absolute atomic E-state index is 11.2. The van der Waals surface area contributed by atoms with E-state index in [9.17, 15) is 4.79 Å². The van der Waals surface area contributed by atoms with E-state index in [2.05, 4.69) is 20.8 Å². The fourth-order valence-electron chi connectivity index (χ4n) is 2.08. The Kier molecular flexibility index (Phi) is 3.57. The van der Waals surface area contributed by atoms with E-state index in [1.807, 2.05) is 23.1 Å². The second-order valence-corrected chi connectivity index (χ2v) is 5.11. The molecular weight excluding hydrogens is 282 g/mol. The Hall–Kier alpha value is -1.23. The highest BCUT2D eigenvalue weighted by atomic mass is 79.9. The van der Waals surface area contributed by atoms with Crippen molar-refractivity contribution in [1.29, 1.82) is 0 Å². The summed E-state index contributed by atoms with van der Waals surface area (Å²) in [5.74, 6) is 0.147. The summed E-state index contributed by atoms with van der Waals surface area (Å²) in [6, 6.07) is 5.92. The van der Waals surface area contributed by atoms with E-state index in [-0.39, 0.29) is 5.91 Å². The van der Waals surface area contributed by atoms with Crippen molar-refractivity contribution in [3.05, 3.63) is 22.7 Å². The zero-order chi connectivity index (χ0) is 12.4. The predicted molar refractivity (Wildman–Crippen MR) is 73.0 cm³/mol. The summed E-state index contributed by atoms with van der Waals surface area (Å²) in [4.78, 5) is 15.3. The molecule has 0 radical (unpaired) electrons. The van der Waals surface area contributed by atoms with Crippen molar-refractivity contribution in [2.75, 3.05) is 36.8 Å². The van der Waals surface area contributed by atoms with Crippen LogP contribution in [-0.2, 0) is 4.79 Å². The van der Waals surface area contributed by atoms with Crippen LogP contribution in [0, 0.1) is 0 Å². The van der Waals surface area contributed by atoms with Gasteiger partial charge in [0, 0.05) is 37.6 Å². The summed E-state index contributed by atoms with van der Waals surface area (Å²) in [7, 11) is 0. The first kappa shape index (κ1) is 12.2. The van der Waals surface area contributed by atoms with Gasteiger partial charge in [0.25, 0.3) is 0 Å². The minimum atomic E-state index is 0.147. The number of rotatable bonds is 1. The lowest BCUT2D eigenvalue weighted by Gasteiger charge is -2.36. The van der Waals surface area contributed by atoms with Gasteiger partial charge in [-0.05, 0) is 18.2 Å². The molecule has 92 valence electrons. The molecule has 0 bridgehead atoms. The maximum atomic E-state index is 11.2. The van der Waals surface area contributed by atoms with Crippen molar-refractivity contribution >= 4 is 33.2 Å². The van der Waals surface area contributed by atoms with Crippen LogP contribution in [0.1, 0.15) is 6.92 Å². The molecule has 0 aromatic heterocycles. The summed E-state index contributed by atoms with van der Waals surface area (Å²) in [5.41, 5.74) is 7.82. The van der Waals surface area contributed by atoms with Crippen molar-refractivity contribution in [3.8, 4) is 0 Å². The molecule has 1 amide bonds. The molecule has 1 aliphatic rings. The molecule has 17 heavy (non-hydrogen) atoms. The minimum Gasteiger partial charge on any atom is -0.397 e. The number of nitrogens with zero attached hydrogens (tertiary/aromatic N) is 2. The molecule has 0 aliphatic carbocycles. The van der Waals surface area contributed by atoms with Crippen LogP contribution in [0.25, 0.3) is 0 Å². The lowest BCUT2D eigenvalue weighted by Crippen LogP contribution is -2.48. The molecule has 0 atom stereocenters. The Bertz CT molecular complexity index is 428. The molecule has 1 fully saturated rings. The van der Waals surface area contributed by atoms with E-state index in [0.717, 1.165) is 42.0 Å². The Balaban J connectivity index is 2.08. The van der Waals surface area contributed by atoms with E-state index < -0.39 is 0 Å². The molecule has 0 unspecified atom stereocenters. The number of hydrogen-bond acceptors (Lipinski definition) is 3. The zero-order valence-electron chi connectivity index (χ0n) is 9.82. The van der Waals surface area contributed by atoms with Crippen molar-refractivity contribution in [1.82, 2.24) is 4.90 Å². The molecule has 0 spiro atoms. The van der Waals surface area contributed by atoms with Crippen molar-refractivity contribution in [2.45, 2.75) is 6.92 Å². The van der Waals surface area contributed by atoms with Crippen LogP contribution in [0.2, 0.25) is 0 Å². The molecule has 0 saturated carbocycles. The van der Waals surface area contributed by atoms with Crippen molar-refractivity contribution < 1.29 is 4.79 Å². The van der Waals surface area contributed by atoms with Crippen LogP contribution in [-0.4, -0.2) is 37.0 Å². The van der Waals surface area contributed by atoms with Crippen LogP contribution in [0.15, 0.2) is 22.7 Å². The average molecular weight is 298 g/mol. The second-order valence-electron chi connectivity index (χ2n) is 4.20. The summed E-state index contributed by atoms with van der Waals surface area (Å²) in [5, 5.41) is 0. The quantitative estimate of drug-likeness (QED) is 0.803. The third kappa shape index (κ3) is 2.72. The van der Waals surface area contributed by atoms with Gasteiger partial charge in [0.05, 0.1) is 11.4 Å². The van der Waals surface area contributed by atoms with Crippen LogP contribution >= 0.6 is 15.9 Å². The molecule has 5 heteroatoms. The van der Waals surface area contributed by atoms with Crippen LogP contribution in [0.5, 0.6) is 0 Å². The van der Waals surface area contributed by atoms with E-state index in [1.165, 1.54) is 0 Å². The number of hydrogen-bond donors (Lipinski definition) is 1. The van der Waals surface area contributed by atoms with Gasteiger partial charge in [-0.1, -0.05) is 15.9 Å². The molecule has 1 saturated heterocycles. The number of nitrogen functional groups attached to an aromatic ring is 1. The Morgan fingerprint density at radius 3 is 2.47 bits per heavy atom. The molecule has 1 aliphatic heterocycles. The molecule has 2 N–H and O–H groups in total. The van der Waals surface area contributed by atoms with Crippen LogP contribution in [0.4, 0.5) is 11.4 Å². The lowest BCUT2D eigenvalue weighted by molar-refractivity contribution is -0.129. The third-order valence-electron chi connectivity index (χ3n) is 3.06. The van der Waals surface area contributed by atoms with Crippen LogP contribution in [0.3, 0.4) is 0 Å². The topological polar surface area (TPSA) is 49.6 Å². The van der Waals surface area contributed by atoms with Gasteiger partial charge in [-0.2, -0.15) is 0 Å². The predicted octanol–water partition coefficient (Wildman–Crippen LogP) is 1.70. The number of carbonyl (C=O) groups excluding carboxylic acids is 1. The molecule has 1 aromatic rings. The number of benzene rings is 1. The van der Waals surface area contributed by atoms with E-state index in [1.54, 1.807) is 6.92 Å². The summed E-state index contributed by atoms with van der Waals surface area (Å²) in [6.45, 7) is 4.83. The average Bonchev–Trinajstić information content (AvgIpc) is 2.29. The van der Waals surface area contributed by atoms with Gasteiger partial charge in [-0.25, -0.2) is 0 Å². The van der Waals surface area contributed by atoms with Gasteiger partial charge in [0.2, 0.25) is 5.91 Å². The standard InChI is InChI=1S/C12H16BrN3O/c1-9(17)15-4-6-16(7-5-15)12-3-2-10(13)8-11(12)14/h2-3,8H,4-7,14H2,1H3. The Morgan fingerprint density at radius 2 is 1.94 bits per heavy atom. The molecule has 1 aromatic carbocycles. The fourth-order valence-corrected chi connectivity index (χ4v) is 2.45. The highest BCUT2D eigenvalue weighted by molar-refractivity contribution is 9.10. The highest BCUT2D eigenvalue weighted by Gasteiger charge is 2.19. The highest BCUT2D eigenvalue weighted by Crippen LogP contribution is 2.27. The van der Waals surface area contributed by atoms with E-state index in [4.69, 9.17) is 5.73 Å². The number of halogens is 1. The Labute approximate surface area is 110 Å². The third-order valence-corrected chi connectivity index (χ3v) is 3.55. The largest absolute Gasteiger partial charge is 0.397 e. The molecule has 4 nitrogen and oxygen atoms in total. The monoisotopic (exact) mass is 297 g/mol. The zero-order valence-corrected chi connectivity index (χ0v) is 11.4. The number of piperazine rings is 1. The van der Waals surface area contributed by atoms with Crippen molar-refractivity contribution in [3.63, 3.8) is 0 Å². The van der Waals surface area contributed by atoms with E-state index >= 15 is 0 Å². The van der Waals surface area contributed by atoms with Gasteiger partial charge < -0.3 is 15.5 Å². The van der Waals surface area contributed by atoms with Gasteiger partial charge in [-0.15, -0.1) is 0 Å². The first-order valence-corrected chi connectivity index (χ1v) is 6.42. The van der Waals surface area contributed by atoms with Crippen molar-refractivity contribution in [2.24, 2.45) is 0 Å². The van der Waals surface area contributed by atoms with Gasteiger partial charge in [0.15, 0.2) is 0 Å². The first-order valence-electron chi connectivity index (χ1n) is 5.63. The number of amides is 1. The summed E-state index contributed by atoms with van der Waals surface area (Å²) < 4.78 is 0.987. The maximum Gasteiger partial charge on any atom is 0.219 e. The van der Waals surface area contributed by atoms with Crippen LogP contribution < -0.4 is 10.6 Å². The van der Waals surface area contributed by atoms with Gasteiger partial charge in [-0.3, -0.25) is 4.79 Å². The SMILES string of the molecule is CC(=O)N1CCN(c2ccc(Br)cc2N)CC1.